The molecule has 0 spiro atoms. The predicted octanol–water partition coefficient (Wildman–Crippen LogP) is 3.23. The molecule has 0 heterocycles. The topological polar surface area (TPSA) is 62.7 Å². The van der Waals surface area contributed by atoms with Crippen molar-refractivity contribution in [1.29, 1.82) is 0 Å². The minimum absolute atomic E-state index is 0.254. The van der Waals surface area contributed by atoms with Crippen LogP contribution < -0.4 is 15.4 Å². The maximum atomic E-state index is 12.8. The summed E-state index contributed by atoms with van der Waals surface area (Å²) in [7, 11) is 1.06. The fourth-order valence-corrected chi connectivity index (χ4v) is 4.64. The fourth-order valence-electron chi connectivity index (χ4n) is 3.29. The maximum Gasteiger partial charge on any atom is 0.191 e. The highest BCUT2D eigenvalue weighted by atomic mass is 32.2. The van der Waals surface area contributed by atoms with Gasteiger partial charge in [-0.05, 0) is 56.4 Å². The molecule has 2 N–H and O–H groups in total. The molecule has 0 aromatic heterocycles. The Balaban J connectivity index is 1.61. The van der Waals surface area contributed by atoms with Gasteiger partial charge in [0.1, 0.15) is 11.6 Å². The van der Waals surface area contributed by atoms with Crippen LogP contribution in [-0.4, -0.2) is 47.4 Å². The van der Waals surface area contributed by atoms with E-state index in [0.29, 0.717) is 23.6 Å². The molecule has 3 atom stereocenters. The molecule has 2 rings (SSSR count). The van der Waals surface area contributed by atoms with E-state index in [9.17, 15) is 8.60 Å². The van der Waals surface area contributed by atoms with Gasteiger partial charge in [0.05, 0.1) is 6.61 Å². The van der Waals surface area contributed by atoms with Crippen molar-refractivity contribution in [1.82, 2.24) is 10.6 Å². The number of ether oxygens (including phenoxy) is 1. The van der Waals surface area contributed by atoms with Crippen molar-refractivity contribution >= 4 is 16.8 Å². The zero-order valence-electron chi connectivity index (χ0n) is 16.4. The first-order valence-corrected chi connectivity index (χ1v) is 11.2. The van der Waals surface area contributed by atoms with Crippen LogP contribution in [0.5, 0.6) is 5.75 Å². The molecule has 0 saturated heterocycles. The largest absolute Gasteiger partial charge is 0.494 e. The molecule has 0 amide bonds. The first kappa shape index (κ1) is 21.7. The molecule has 5 nitrogen and oxygen atoms in total. The molecule has 1 aliphatic rings. The van der Waals surface area contributed by atoms with E-state index in [2.05, 4.69) is 15.6 Å². The van der Waals surface area contributed by atoms with Crippen LogP contribution in [0, 0.1) is 5.82 Å². The van der Waals surface area contributed by atoms with E-state index in [-0.39, 0.29) is 5.82 Å². The summed E-state index contributed by atoms with van der Waals surface area (Å²) in [6.45, 7) is 3.41. The number of unbranched alkanes of at least 4 members (excludes halogenated alkanes) is 1. The summed E-state index contributed by atoms with van der Waals surface area (Å²) in [5, 5.41) is 7.12. The van der Waals surface area contributed by atoms with Gasteiger partial charge in [-0.1, -0.05) is 13.3 Å². The molecule has 0 aliphatic heterocycles. The van der Waals surface area contributed by atoms with E-state index in [0.717, 1.165) is 56.8 Å². The number of guanidine groups is 1. The summed E-state index contributed by atoms with van der Waals surface area (Å²) in [6.07, 6.45) is 6.10. The van der Waals surface area contributed by atoms with Crippen molar-refractivity contribution < 1.29 is 13.3 Å². The molecular weight excluding hydrogens is 365 g/mol. The Morgan fingerprint density at radius 2 is 2.07 bits per heavy atom. The average molecular weight is 398 g/mol. The summed E-state index contributed by atoms with van der Waals surface area (Å²) >= 11 is 0. The lowest BCUT2D eigenvalue weighted by Gasteiger charge is -2.30. The van der Waals surface area contributed by atoms with E-state index < -0.39 is 10.8 Å². The molecule has 1 saturated carbocycles. The predicted molar refractivity (Wildman–Crippen MR) is 110 cm³/mol. The van der Waals surface area contributed by atoms with Gasteiger partial charge >= 0.3 is 0 Å². The fraction of sp³-hybridized carbons (Fsp3) is 0.650. The molecule has 1 aromatic carbocycles. The quantitative estimate of drug-likeness (QED) is 0.382. The van der Waals surface area contributed by atoms with Crippen LogP contribution in [0.4, 0.5) is 4.39 Å². The molecular formula is C20H32FN3O2S. The van der Waals surface area contributed by atoms with E-state index in [1.807, 2.05) is 6.92 Å². The molecule has 1 aliphatic carbocycles. The summed E-state index contributed by atoms with van der Waals surface area (Å²) < 4.78 is 30.5. The van der Waals surface area contributed by atoms with E-state index in [1.54, 1.807) is 19.2 Å². The smallest absolute Gasteiger partial charge is 0.191 e. The van der Waals surface area contributed by atoms with Gasteiger partial charge in [0.25, 0.3) is 0 Å². The lowest BCUT2D eigenvalue weighted by Crippen LogP contribution is -2.46. The lowest BCUT2D eigenvalue weighted by atomic mass is 9.95. The Bertz CT molecular complexity index is 610. The summed E-state index contributed by atoms with van der Waals surface area (Å²) in [4.78, 5) is 4.30. The van der Waals surface area contributed by atoms with Crippen molar-refractivity contribution in [2.75, 3.05) is 26.0 Å². The van der Waals surface area contributed by atoms with Crippen molar-refractivity contribution in [3.63, 3.8) is 0 Å². The number of nitrogens with zero attached hydrogens (tertiary/aromatic N) is 1. The van der Waals surface area contributed by atoms with Crippen LogP contribution in [-0.2, 0) is 10.8 Å². The lowest BCUT2D eigenvalue weighted by molar-refractivity contribution is 0.306. The first-order chi connectivity index (χ1) is 13.1. The number of aliphatic imine (C=N–C) groups is 1. The standard InChI is InChI=1S/C20H32FN3O2S/c1-3-27(25)19-8-6-7-17(15-19)24-20(22-2)23-13-4-5-14-26-18-11-9-16(21)10-12-18/h9-12,17,19H,3-8,13-15H2,1-2H3,(H2,22,23,24). The Hall–Kier alpha value is -1.63. The van der Waals surface area contributed by atoms with Gasteiger partial charge in [-0.25, -0.2) is 4.39 Å². The number of rotatable bonds is 9. The number of hydrogen-bond acceptors (Lipinski definition) is 3. The Labute approximate surface area is 164 Å². The van der Waals surface area contributed by atoms with E-state index in [4.69, 9.17) is 4.74 Å². The highest BCUT2D eigenvalue weighted by Crippen LogP contribution is 2.23. The zero-order valence-corrected chi connectivity index (χ0v) is 17.2. The second kappa shape index (κ2) is 12.0. The number of benzene rings is 1. The SMILES string of the molecule is CCS(=O)C1CCCC(NC(=NC)NCCCCOc2ccc(F)cc2)C1. The Kier molecular flexibility index (Phi) is 9.59. The van der Waals surface area contributed by atoms with Gasteiger partial charge in [-0.2, -0.15) is 0 Å². The molecule has 1 fully saturated rings. The van der Waals surface area contributed by atoms with Crippen LogP contribution in [0.3, 0.4) is 0 Å². The highest BCUT2D eigenvalue weighted by Gasteiger charge is 2.25. The maximum absolute atomic E-state index is 12.8. The van der Waals surface area contributed by atoms with Gasteiger partial charge < -0.3 is 15.4 Å². The van der Waals surface area contributed by atoms with E-state index >= 15 is 0 Å². The monoisotopic (exact) mass is 397 g/mol. The van der Waals surface area contributed by atoms with Gasteiger partial charge in [-0.15, -0.1) is 0 Å². The Morgan fingerprint density at radius 3 is 2.78 bits per heavy atom. The van der Waals surface area contributed by atoms with Crippen LogP contribution in [0.2, 0.25) is 0 Å². The minimum atomic E-state index is -0.712. The van der Waals surface area contributed by atoms with Crippen molar-refractivity contribution in [2.45, 2.75) is 56.7 Å². The van der Waals surface area contributed by atoms with Crippen LogP contribution in [0.25, 0.3) is 0 Å². The van der Waals surface area contributed by atoms with Crippen LogP contribution in [0.1, 0.15) is 45.4 Å². The number of hydrogen-bond donors (Lipinski definition) is 2. The zero-order chi connectivity index (χ0) is 19.5. The second-order valence-corrected chi connectivity index (χ2v) is 8.81. The van der Waals surface area contributed by atoms with Gasteiger partial charge in [0.2, 0.25) is 0 Å². The third kappa shape index (κ3) is 7.87. The molecule has 3 unspecified atom stereocenters. The average Bonchev–Trinajstić information content (AvgIpc) is 2.70. The number of halogens is 1. The summed E-state index contributed by atoms with van der Waals surface area (Å²) in [5.41, 5.74) is 0. The highest BCUT2D eigenvalue weighted by molar-refractivity contribution is 7.85. The normalized spacial score (nSPS) is 21.5. The molecule has 7 heteroatoms. The van der Waals surface area contributed by atoms with Crippen molar-refractivity contribution in [3.05, 3.63) is 30.1 Å². The Morgan fingerprint density at radius 1 is 1.30 bits per heavy atom. The second-order valence-electron chi connectivity index (χ2n) is 6.81. The third-order valence-corrected chi connectivity index (χ3v) is 6.53. The molecule has 27 heavy (non-hydrogen) atoms. The number of nitrogens with one attached hydrogen (secondary N) is 2. The first-order valence-electron chi connectivity index (χ1n) is 9.85. The van der Waals surface area contributed by atoms with E-state index in [1.165, 1.54) is 12.1 Å². The van der Waals surface area contributed by atoms with Crippen molar-refractivity contribution in [3.8, 4) is 5.75 Å². The van der Waals surface area contributed by atoms with Gasteiger partial charge in [0.15, 0.2) is 5.96 Å². The minimum Gasteiger partial charge on any atom is -0.494 e. The van der Waals surface area contributed by atoms with Crippen molar-refractivity contribution in [2.24, 2.45) is 4.99 Å². The molecule has 1 aromatic rings. The summed E-state index contributed by atoms with van der Waals surface area (Å²) in [5.74, 6) is 1.99. The third-order valence-electron chi connectivity index (χ3n) is 4.79. The van der Waals surface area contributed by atoms with Crippen LogP contribution in [0.15, 0.2) is 29.3 Å². The summed E-state index contributed by atoms with van der Waals surface area (Å²) in [6, 6.07) is 6.42. The molecule has 0 bridgehead atoms. The molecule has 152 valence electrons. The van der Waals surface area contributed by atoms with Gasteiger partial charge in [0, 0.05) is 41.4 Å². The van der Waals surface area contributed by atoms with Gasteiger partial charge in [-0.3, -0.25) is 9.20 Å². The molecule has 0 radical (unpaired) electrons. The van der Waals surface area contributed by atoms with Crippen LogP contribution >= 0.6 is 0 Å².